The summed E-state index contributed by atoms with van der Waals surface area (Å²) in [5.74, 6) is 0.177. The summed E-state index contributed by atoms with van der Waals surface area (Å²) in [6, 6.07) is 17.9. The van der Waals surface area contributed by atoms with Gasteiger partial charge in [0, 0.05) is 17.0 Å². The molecule has 1 atom stereocenters. The van der Waals surface area contributed by atoms with E-state index in [2.05, 4.69) is 22.8 Å². The average molecular weight is 385 g/mol. The van der Waals surface area contributed by atoms with Gasteiger partial charge >= 0.3 is 0 Å². The minimum absolute atomic E-state index is 0.0264. The Kier molecular flexibility index (Phi) is 8.40. The predicted molar refractivity (Wildman–Crippen MR) is 112 cm³/mol. The molecule has 2 amide bonds. The van der Waals surface area contributed by atoms with Crippen molar-refractivity contribution in [1.82, 2.24) is 10.6 Å². The van der Waals surface area contributed by atoms with E-state index < -0.39 is 0 Å². The fourth-order valence-electron chi connectivity index (χ4n) is 2.69. The van der Waals surface area contributed by atoms with Gasteiger partial charge in [0.2, 0.25) is 5.91 Å². The van der Waals surface area contributed by atoms with Crippen LogP contribution in [-0.2, 0) is 11.2 Å². The van der Waals surface area contributed by atoms with Crippen molar-refractivity contribution < 1.29 is 9.59 Å². The second-order valence-corrected chi connectivity index (χ2v) is 7.92. The van der Waals surface area contributed by atoms with Gasteiger partial charge < -0.3 is 10.6 Å². The molecule has 144 valence electrons. The van der Waals surface area contributed by atoms with Crippen LogP contribution in [0.5, 0.6) is 0 Å². The number of benzene rings is 2. The van der Waals surface area contributed by atoms with Gasteiger partial charge in [-0.05, 0) is 51.3 Å². The molecule has 2 rings (SSSR count). The van der Waals surface area contributed by atoms with E-state index in [-0.39, 0.29) is 23.9 Å². The Hall–Kier alpha value is -2.27. The van der Waals surface area contributed by atoms with Crippen LogP contribution in [0, 0.1) is 0 Å². The van der Waals surface area contributed by atoms with Crippen LogP contribution in [0.15, 0.2) is 59.5 Å². The Morgan fingerprint density at radius 3 is 2.30 bits per heavy atom. The molecular weight excluding hydrogens is 356 g/mol. The van der Waals surface area contributed by atoms with Crippen LogP contribution in [0.25, 0.3) is 0 Å². The van der Waals surface area contributed by atoms with E-state index in [0.717, 1.165) is 17.7 Å². The molecule has 0 saturated carbocycles. The number of rotatable bonds is 9. The number of hydrogen-bond donors (Lipinski definition) is 2. The lowest BCUT2D eigenvalue weighted by Crippen LogP contribution is -2.33. The Labute approximate surface area is 166 Å². The summed E-state index contributed by atoms with van der Waals surface area (Å²) >= 11 is 1.39. The quantitative estimate of drug-likeness (QED) is 0.641. The summed E-state index contributed by atoms with van der Waals surface area (Å²) in [5.41, 5.74) is 1.89. The fraction of sp³-hybridized carbons (Fsp3) is 0.364. The highest BCUT2D eigenvalue weighted by Gasteiger charge is 2.15. The maximum absolute atomic E-state index is 12.7. The molecule has 0 bridgehead atoms. The van der Waals surface area contributed by atoms with Gasteiger partial charge in [-0.3, -0.25) is 9.59 Å². The molecule has 2 N–H and O–H groups in total. The molecule has 0 spiro atoms. The molecule has 2 aromatic carbocycles. The molecule has 0 saturated heterocycles. The molecule has 0 fully saturated rings. The van der Waals surface area contributed by atoms with Gasteiger partial charge in [0.1, 0.15) is 0 Å². The first kappa shape index (κ1) is 21.0. The van der Waals surface area contributed by atoms with Gasteiger partial charge in [-0.25, -0.2) is 0 Å². The predicted octanol–water partition coefficient (Wildman–Crippen LogP) is 4.05. The average Bonchev–Trinajstić information content (AvgIpc) is 2.65. The molecule has 0 radical (unpaired) electrons. The summed E-state index contributed by atoms with van der Waals surface area (Å²) in [5, 5.41) is 5.94. The summed E-state index contributed by atoms with van der Waals surface area (Å²) in [6.45, 7) is 5.88. The Balaban J connectivity index is 1.90. The summed E-state index contributed by atoms with van der Waals surface area (Å²) in [4.78, 5) is 25.4. The van der Waals surface area contributed by atoms with Crippen LogP contribution in [0.3, 0.4) is 0 Å². The van der Waals surface area contributed by atoms with Crippen molar-refractivity contribution in [2.75, 3.05) is 5.75 Å². The van der Waals surface area contributed by atoms with Crippen LogP contribution in [0.4, 0.5) is 0 Å². The van der Waals surface area contributed by atoms with Gasteiger partial charge in [-0.15, -0.1) is 11.8 Å². The number of carbonyl (C=O) groups is 2. The van der Waals surface area contributed by atoms with Gasteiger partial charge in [-0.2, -0.15) is 0 Å². The monoisotopic (exact) mass is 384 g/mol. The van der Waals surface area contributed by atoms with Crippen LogP contribution in [0.1, 0.15) is 43.1 Å². The zero-order valence-electron chi connectivity index (χ0n) is 16.2. The largest absolute Gasteiger partial charge is 0.353 e. The molecule has 0 aromatic heterocycles. The molecule has 0 aliphatic rings. The lowest BCUT2D eigenvalue weighted by atomic mass is 10.1. The molecule has 2 aromatic rings. The van der Waals surface area contributed by atoms with Gasteiger partial charge in [-0.1, -0.05) is 42.5 Å². The first-order chi connectivity index (χ1) is 13.0. The summed E-state index contributed by atoms with van der Waals surface area (Å²) in [7, 11) is 0. The first-order valence-electron chi connectivity index (χ1n) is 9.31. The van der Waals surface area contributed by atoms with Crippen molar-refractivity contribution in [2.45, 2.75) is 50.6 Å². The van der Waals surface area contributed by atoms with E-state index in [1.54, 1.807) is 0 Å². The lowest BCUT2D eigenvalue weighted by molar-refractivity contribution is -0.119. The van der Waals surface area contributed by atoms with Crippen molar-refractivity contribution >= 4 is 23.6 Å². The number of aryl methyl sites for hydroxylation is 1. The maximum atomic E-state index is 12.7. The van der Waals surface area contributed by atoms with E-state index in [1.165, 1.54) is 17.3 Å². The molecule has 5 heteroatoms. The third-order valence-electron chi connectivity index (χ3n) is 4.03. The van der Waals surface area contributed by atoms with Gasteiger partial charge in [0.05, 0.1) is 11.3 Å². The highest BCUT2D eigenvalue weighted by Crippen LogP contribution is 2.22. The van der Waals surface area contributed by atoms with E-state index >= 15 is 0 Å². The molecule has 27 heavy (non-hydrogen) atoms. The molecule has 0 aliphatic heterocycles. The van der Waals surface area contributed by atoms with Crippen LogP contribution in [0.2, 0.25) is 0 Å². The van der Waals surface area contributed by atoms with E-state index in [9.17, 15) is 9.59 Å². The number of nitrogens with one attached hydrogen (secondary N) is 2. The van der Waals surface area contributed by atoms with Crippen molar-refractivity contribution in [2.24, 2.45) is 0 Å². The molecular formula is C22H28N2O2S. The van der Waals surface area contributed by atoms with Crippen molar-refractivity contribution in [3.63, 3.8) is 0 Å². The van der Waals surface area contributed by atoms with E-state index in [0.29, 0.717) is 11.3 Å². The molecule has 0 unspecified atom stereocenters. The number of carbonyl (C=O) groups excluding carboxylic acids is 2. The Morgan fingerprint density at radius 2 is 1.59 bits per heavy atom. The highest BCUT2D eigenvalue weighted by atomic mass is 32.2. The minimum Gasteiger partial charge on any atom is -0.353 e. The highest BCUT2D eigenvalue weighted by molar-refractivity contribution is 8.00. The van der Waals surface area contributed by atoms with Crippen LogP contribution >= 0.6 is 11.8 Å². The van der Waals surface area contributed by atoms with Crippen molar-refractivity contribution in [1.29, 1.82) is 0 Å². The van der Waals surface area contributed by atoms with Crippen LogP contribution in [-0.4, -0.2) is 29.7 Å². The molecule has 4 nitrogen and oxygen atoms in total. The molecule has 0 heterocycles. The minimum atomic E-state index is -0.0945. The standard InChI is InChI=1S/C22H28N2O2S/c1-16(2)23-21(25)15-27-20-12-8-7-11-19(20)22(26)24-17(3)13-14-18-9-5-4-6-10-18/h4-12,16-17H,13-15H2,1-3H3,(H,23,25)(H,24,26)/t17-/m1/s1. The fourth-order valence-corrected chi connectivity index (χ4v) is 3.55. The topological polar surface area (TPSA) is 58.2 Å². The third-order valence-corrected chi connectivity index (χ3v) is 5.10. The van der Waals surface area contributed by atoms with Crippen LogP contribution < -0.4 is 10.6 Å². The summed E-state index contributed by atoms with van der Waals surface area (Å²) < 4.78 is 0. The Morgan fingerprint density at radius 1 is 0.926 bits per heavy atom. The third kappa shape index (κ3) is 7.47. The second kappa shape index (κ2) is 10.8. The number of thioether (sulfide) groups is 1. The van der Waals surface area contributed by atoms with Crippen molar-refractivity contribution in [3.05, 3.63) is 65.7 Å². The number of hydrogen-bond acceptors (Lipinski definition) is 3. The smallest absolute Gasteiger partial charge is 0.252 e. The van der Waals surface area contributed by atoms with Crippen molar-refractivity contribution in [3.8, 4) is 0 Å². The van der Waals surface area contributed by atoms with E-state index in [4.69, 9.17) is 0 Å². The zero-order valence-corrected chi connectivity index (χ0v) is 17.0. The lowest BCUT2D eigenvalue weighted by Gasteiger charge is -2.16. The SMILES string of the molecule is CC(C)NC(=O)CSc1ccccc1C(=O)N[C@H](C)CCc1ccccc1. The van der Waals surface area contributed by atoms with E-state index in [1.807, 2.05) is 63.2 Å². The molecule has 0 aliphatic carbocycles. The maximum Gasteiger partial charge on any atom is 0.252 e. The second-order valence-electron chi connectivity index (χ2n) is 6.91. The zero-order chi connectivity index (χ0) is 19.6. The van der Waals surface area contributed by atoms with Gasteiger partial charge in [0.15, 0.2) is 0 Å². The summed E-state index contributed by atoms with van der Waals surface area (Å²) in [6.07, 6.45) is 1.80. The normalized spacial score (nSPS) is 11.9. The Bertz CT molecular complexity index is 747. The number of amides is 2. The first-order valence-corrected chi connectivity index (χ1v) is 10.3. The van der Waals surface area contributed by atoms with Gasteiger partial charge in [0.25, 0.3) is 5.91 Å².